The summed E-state index contributed by atoms with van der Waals surface area (Å²) in [5, 5.41) is 7.51. The molecule has 156 valence electrons. The number of hydrogen-bond acceptors (Lipinski definition) is 4. The number of likely N-dealkylation sites (tertiary alicyclic amines) is 1. The van der Waals surface area contributed by atoms with E-state index in [0.717, 1.165) is 25.1 Å². The van der Waals surface area contributed by atoms with Crippen molar-refractivity contribution < 1.29 is 13.2 Å². The number of alkyl halides is 3. The summed E-state index contributed by atoms with van der Waals surface area (Å²) < 4.78 is 42.6. The van der Waals surface area contributed by atoms with Gasteiger partial charge in [0.1, 0.15) is 0 Å². The largest absolute Gasteiger partial charge is 0.418 e. The third kappa shape index (κ3) is 5.13. The first-order valence-corrected chi connectivity index (χ1v) is 10.3. The van der Waals surface area contributed by atoms with Crippen LogP contribution < -0.4 is 11.5 Å². The molecule has 3 rings (SSSR count). The summed E-state index contributed by atoms with van der Waals surface area (Å²) >= 11 is 1.28. The van der Waals surface area contributed by atoms with E-state index in [1.807, 2.05) is 6.07 Å². The number of thioether (sulfide) groups is 1. The average Bonchev–Trinajstić information content (AvgIpc) is 3.30. The maximum absolute atomic E-state index is 13.7. The third-order valence-electron chi connectivity index (χ3n) is 4.79. The fourth-order valence-corrected chi connectivity index (χ4v) is 3.90. The van der Waals surface area contributed by atoms with Crippen molar-refractivity contribution in [3.8, 4) is 5.69 Å². The quantitative estimate of drug-likeness (QED) is 0.322. The van der Waals surface area contributed by atoms with Gasteiger partial charge in [-0.2, -0.15) is 18.3 Å². The number of halogens is 3. The molecule has 1 unspecified atom stereocenters. The van der Waals surface area contributed by atoms with Crippen LogP contribution in [0.4, 0.5) is 13.2 Å². The Morgan fingerprint density at radius 2 is 2.10 bits per heavy atom. The highest BCUT2D eigenvalue weighted by molar-refractivity contribution is 7.98. The van der Waals surface area contributed by atoms with Crippen LogP contribution >= 0.6 is 11.8 Å². The van der Waals surface area contributed by atoms with Gasteiger partial charge in [-0.15, -0.1) is 16.9 Å². The molecule has 29 heavy (non-hydrogen) atoms. The zero-order valence-electron chi connectivity index (χ0n) is 15.9. The second kappa shape index (κ2) is 8.91. The molecule has 6 nitrogen and oxygen atoms in total. The monoisotopic (exact) mass is 424 g/mol. The lowest BCUT2D eigenvalue weighted by Crippen LogP contribution is -2.31. The summed E-state index contributed by atoms with van der Waals surface area (Å²) in [5.41, 5.74) is 10.8. The van der Waals surface area contributed by atoms with Gasteiger partial charge < -0.3 is 16.0 Å². The van der Waals surface area contributed by atoms with E-state index in [4.69, 9.17) is 11.5 Å². The molecule has 0 bridgehead atoms. The van der Waals surface area contributed by atoms with Gasteiger partial charge >= 0.3 is 6.18 Å². The van der Waals surface area contributed by atoms with Crippen molar-refractivity contribution in [3.05, 3.63) is 47.8 Å². The molecule has 1 atom stereocenters. The van der Waals surface area contributed by atoms with Crippen molar-refractivity contribution in [1.29, 1.82) is 0 Å². The molecule has 0 radical (unpaired) electrons. The smallest absolute Gasteiger partial charge is 0.369 e. The average molecular weight is 424 g/mol. The van der Waals surface area contributed by atoms with E-state index in [0.29, 0.717) is 11.4 Å². The Labute approximate surface area is 171 Å². The van der Waals surface area contributed by atoms with Crippen molar-refractivity contribution >= 4 is 23.9 Å². The molecule has 10 heteroatoms. The highest BCUT2D eigenvalue weighted by Gasteiger charge is 2.35. The first kappa shape index (κ1) is 21.3. The maximum Gasteiger partial charge on any atom is 0.418 e. The molecule has 4 N–H and O–H groups in total. The number of nitrogens with two attached hydrogens (primary N) is 2. The van der Waals surface area contributed by atoms with Gasteiger partial charge in [0.2, 0.25) is 5.96 Å². The van der Waals surface area contributed by atoms with E-state index in [1.165, 1.54) is 23.9 Å². The Hall–Kier alpha value is -2.46. The molecule has 1 saturated heterocycles. The van der Waals surface area contributed by atoms with Crippen LogP contribution in [0, 0.1) is 0 Å². The highest BCUT2D eigenvalue weighted by Crippen LogP contribution is 2.37. The molecular formula is C19H23F3N6S. The summed E-state index contributed by atoms with van der Waals surface area (Å²) in [6.07, 6.45) is 2.51. The van der Waals surface area contributed by atoms with Crippen molar-refractivity contribution in [3.63, 3.8) is 0 Å². The zero-order chi connectivity index (χ0) is 21.0. The fourth-order valence-electron chi connectivity index (χ4n) is 3.46. The van der Waals surface area contributed by atoms with E-state index in [-0.39, 0.29) is 17.7 Å². The van der Waals surface area contributed by atoms with Gasteiger partial charge in [0.25, 0.3) is 0 Å². The van der Waals surface area contributed by atoms with Gasteiger partial charge in [-0.25, -0.2) is 0 Å². The van der Waals surface area contributed by atoms with Crippen molar-refractivity contribution in [2.24, 2.45) is 21.7 Å². The molecule has 2 aromatic rings. The molecule has 0 aliphatic carbocycles. The molecule has 1 aliphatic rings. The predicted octanol–water partition coefficient (Wildman–Crippen LogP) is 3.44. The lowest BCUT2D eigenvalue weighted by Gasteiger charge is -2.23. The molecule has 0 spiro atoms. The van der Waals surface area contributed by atoms with Crippen LogP contribution in [-0.2, 0) is 12.7 Å². The zero-order valence-corrected chi connectivity index (χ0v) is 16.7. The summed E-state index contributed by atoms with van der Waals surface area (Å²) in [7, 11) is 0. The SMILES string of the molecule is CSc1ccc(-n2cccc2CN2CCCC2/C=N/N=C(N)N)c(C(F)(F)F)c1. The summed E-state index contributed by atoms with van der Waals surface area (Å²) in [4.78, 5) is 2.73. The normalized spacial score (nSPS) is 17.9. The number of aromatic nitrogens is 1. The Morgan fingerprint density at radius 3 is 2.79 bits per heavy atom. The lowest BCUT2D eigenvalue weighted by atomic mass is 10.1. The third-order valence-corrected chi connectivity index (χ3v) is 5.52. The van der Waals surface area contributed by atoms with Crippen LogP contribution in [0.1, 0.15) is 24.1 Å². The van der Waals surface area contributed by atoms with Gasteiger partial charge in [-0.05, 0) is 56.0 Å². The Kier molecular flexibility index (Phi) is 6.53. The minimum absolute atomic E-state index is 0.0300. The number of guanidine groups is 1. The number of nitrogens with zero attached hydrogens (tertiary/aromatic N) is 4. The van der Waals surface area contributed by atoms with Gasteiger partial charge in [0.15, 0.2) is 0 Å². The second-order valence-corrected chi connectivity index (χ2v) is 7.60. The topological polar surface area (TPSA) is 84.9 Å². The van der Waals surface area contributed by atoms with E-state index < -0.39 is 11.7 Å². The van der Waals surface area contributed by atoms with Crippen LogP contribution in [0.2, 0.25) is 0 Å². The molecule has 1 aromatic carbocycles. The van der Waals surface area contributed by atoms with Crippen LogP contribution in [0.25, 0.3) is 5.69 Å². The van der Waals surface area contributed by atoms with Gasteiger partial charge in [-0.3, -0.25) is 4.90 Å². The predicted molar refractivity (Wildman–Crippen MR) is 110 cm³/mol. The molecule has 0 amide bonds. The van der Waals surface area contributed by atoms with Crippen molar-refractivity contribution in [2.75, 3.05) is 12.8 Å². The number of benzene rings is 1. The van der Waals surface area contributed by atoms with Crippen LogP contribution in [0.15, 0.2) is 51.6 Å². The van der Waals surface area contributed by atoms with E-state index in [2.05, 4.69) is 15.1 Å². The Bertz CT molecular complexity index is 902. The number of rotatable bonds is 6. The minimum atomic E-state index is -4.44. The van der Waals surface area contributed by atoms with Crippen molar-refractivity contribution in [2.45, 2.75) is 36.5 Å². The molecule has 1 aliphatic heterocycles. The standard InChI is InChI=1S/C19H23F3N6S/c1-29-15-6-7-17(16(10-15)19(20,21)22)28-9-3-5-14(28)12-27-8-2-4-13(27)11-25-26-18(23)24/h3,5-7,9-11,13H,2,4,8,12H2,1H3,(H4,23,24,26)/b25-11+. The highest BCUT2D eigenvalue weighted by atomic mass is 32.2. The van der Waals surface area contributed by atoms with Crippen LogP contribution in [0.5, 0.6) is 0 Å². The van der Waals surface area contributed by atoms with Crippen LogP contribution in [-0.4, -0.2) is 40.5 Å². The molecule has 1 aromatic heterocycles. The first-order chi connectivity index (χ1) is 13.8. The maximum atomic E-state index is 13.7. The fraction of sp³-hybridized carbons (Fsp3) is 0.368. The first-order valence-electron chi connectivity index (χ1n) is 9.07. The van der Waals surface area contributed by atoms with Gasteiger partial charge in [0.05, 0.1) is 11.3 Å². The Morgan fingerprint density at radius 1 is 1.31 bits per heavy atom. The molecule has 0 saturated carbocycles. The Balaban J connectivity index is 1.89. The van der Waals surface area contributed by atoms with Crippen LogP contribution in [0.3, 0.4) is 0 Å². The molecular weight excluding hydrogens is 401 g/mol. The number of hydrogen-bond donors (Lipinski definition) is 2. The molecule has 2 heterocycles. The van der Waals surface area contributed by atoms with E-state index in [1.54, 1.807) is 35.4 Å². The summed E-state index contributed by atoms with van der Waals surface area (Å²) in [6.45, 7) is 1.31. The molecule has 1 fully saturated rings. The second-order valence-electron chi connectivity index (χ2n) is 6.72. The van der Waals surface area contributed by atoms with E-state index >= 15 is 0 Å². The van der Waals surface area contributed by atoms with E-state index in [9.17, 15) is 13.2 Å². The van der Waals surface area contributed by atoms with Gasteiger partial charge in [-0.1, -0.05) is 0 Å². The van der Waals surface area contributed by atoms with Crippen molar-refractivity contribution in [1.82, 2.24) is 9.47 Å². The lowest BCUT2D eigenvalue weighted by molar-refractivity contribution is -0.137. The summed E-state index contributed by atoms with van der Waals surface area (Å²) in [5.74, 6) is -0.118. The summed E-state index contributed by atoms with van der Waals surface area (Å²) in [6, 6.07) is 8.06. The minimum Gasteiger partial charge on any atom is -0.369 e. The van der Waals surface area contributed by atoms with Gasteiger partial charge in [0, 0.05) is 35.6 Å².